The normalized spacial score (nSPS) is 16.0. The first-order chi connectivity index (χ1) is 13.3. The molecule has 1 fully saturated rings. The molecular weight excluding hydrogens is 390 g/mol. The second-order valence-corrected chi connectivity index (χ2v) is 9.98. The molecule has 28 heavy (non-hydrogen) atoms. The zero-order valence-electron chi connectivity index (χ0n) is 16.7. The van der Waals surface area contributed by atoms with Gasteiger partial charge in [-0.3, -0.25) is 9.78 Å². The van der Waals surface area contributed by atoms with Gasteiger partial charge in [0.05, 0.1) is 15.5 Å². The average molecular weight is 420 g/mol. The summed E-state index contributed by atoms with van der Waals surface area (Å²) >= 11 is 3.35. The largest absolute Gasteiger partial charge is 0.386 e. The highest BCUT2D eigenvalue weighted by atomic mass is 32.2. The molecule has 0 aromatic carbocycles. The van der Waals surface area contributed by atoms with E-state index in [1.807, 2.05) is 19.2 Å². The number of nitrogens with two attached hydrogens (primary N) is 1. The second-order valence-electron chi connectivity index (χ2n) is 7.96. The highest BCUT2D eigenvalue weighted by Gasteiger charge is 2.28. The molecule has 152 valence electrons. The minimum atomic E-state index is -0.777. The molecule has 7 heteroatoms. The Hall–Kier alpha value is -1.57. The van der Waals surface area contributed by atoms with Crippen LogP contribution in [0.5, 0.6) is 0 Å². The fourth-order valence-electron chi connectivity index (χ4n) is 3.71. The molecule has 0 spiro atoms. The fourth-order valence-corrected chi connectivity index (χ4v) is 5.63. The fraction of sp³-hybridized carbons (Fsp3) is 0.524. The summed E-state index contributed by atoms with van der Waals surface area (Å²) in [5.74, 6) is 0.667. The number of rotatable bonds is 5. The Bertz CT molecular complexity index is 839. The van der Waals surface area contributed by atoms with Gasteiger partial charge in [0.2, 0.25) is 6.41 Å². The van der Waals surface area contributed by atoms with Crippen molar-refractivity contribution in [3.63, 3.8) is 0 Å². The molecule has 2 aliphatic rings. The van der Waals surface area contributed by atoms with E-state index in [1.165, 1.54) is 58.1 Å². The van der Waals surface area contributed by atoms with E-state index >= 15 is 0 Å². The quantitative estimate of drug-likeness (QED) is 0.485. The summed E-state index contributed by atoms with van der Waals surface area (Å²) < 4.78 is 4.83. The number of hydrogen-bond acceptors (Lipinski definition) is 6. The summed E-state index contributed by atoms with van der Waals surface area (Å²) in [4.78, 5) is 13.6. The Morgan fingerprint density at radius 2 is 2.07 bits per heavy atom. The van der Waals surface area contributed by atoms with Crippen LogP contribution in [0, 0.1) is 6.92 Å². The molecule has 0 bridgehead atoms. The van der Waals surface area contributed by atoms with Crippen molar-refractivity contribution in [1.29, 1.82) is 0 Å². The van der Waals surface area contributed by atoms with Crippen LogP contribution in [0.25, 0.3) is 0 Å². The van der Waals surface area contributed by atoms with E-state index in [9.17, 15) is 5.11 Å². The van der Waals surface area contributed by atoms with E-state index in [1.54, 1.807) is 23.3 Å². The van der Waals surface area contributed by atoms with Crippen molar-refractivity contribution in [2.75, 3.05) is 4.72 Å². The van der Waals surface area contributed by atoms with Crippen LogP contribution in [0.4, 0.5) is 5.69 Å². The Balaban J connectivity index is 0.000000706. The van der Waals surface area contributed by atoms with Crippen molar-refractivity contribution in [1.82, 2.24) is 4.98 Å². The summed E-state index contributed by atoms with van der Waals surface area (Å²) in [5.41, 5.74) is 11.1. The molecule has 2 aromatic rings. The number of hydrogen-bond donors (Lipinski definition) is 3. The number of amides is 1. The van der Waals surface area contributed by atoms with Gasteiger partial charge >= 0.3 is 0 Å². The first-order valence-electron chi connectivity index (χ1n) is 9.77. The van der Waals surface area contributed by atoms with E-state index < -0.39 is 5.60 Å². The van der Waals surface area contributed by atoms with Gasteiger partial charge in [0.15, 0.2) is 0 Å². The Kier molecular flexibility index (Phi) is 6.68. The van der Waals surface area contributed by atoms with Crippen molar-refractivity contribution in [2.24, 2.45) is 5.73 Å². The van der Waals surface area contributed by atoms with Gasteiger partial charge in [0, 0.05) is 17.3 Å². The molecule has 2 aliphatic carbocycles. The van der Waals surface area contributed by atoms with Crippen molar-refractivity contribution >= 4 is 35.4 Å². The van der Waals surface area contributed by atoms with E-state index in [0.29, 0.717) is 5.92 Å². The van der Waals surface area contributed by atoms with Crippen molar-refractivity contribution < 1.29 is 9.90 Å². The van der Waals surface area contributed by atoms with Crippen LogP contribution in [0.1, 0.15) is 73.5 Å². The molecule has 5 nitrogen and oxygen atoms in total. The third kappa shape index (κ3) is 4.53. The molecule has 4 N–H and O–H groups in total. The molecule has 4 rings (SSSR count). The standard InChI is InChI=1S/C20H26N2OS2.CH3NO/c1-12-18(13-6-4-7-13)21-16-9-5-8-15(16)19(12)22-25-17-10-14(11-24-17)20(2,3)23;2-1-3/h10-11,13,23H,4-9H2,1-3H3,(H,21,22);1H,(H2,2,3). The Labute approximate surface area is 175 Å². The van der Waals surface area contributed by atoms with Crippen LogP contribution in [-0.4, -0.2) is 16.5 Å². The van der Waals surface area contributed by atoms with Gasteiger partial charge in [-0.2, -0.15) is 0 Å². The summed E-state index contributed by atoms with van der Waals surface area (Å²) in [6.45, 7) is 5.91. The van der Waals surface area contributed by atoms with Crippen LogP contribution in [0.2, 0.25) is 0 Å². The lowest BCUT2D eigenvalue weighted by molar-refractivity contribution is -0.106. The van der Waals surface area contributed by atoms with Gasteiger partial charge in [-0.05, 0) is 93.0 Å². The zero-order valence-corrected chi connectivity index (χ0v) is 18.4. The van der Waals surface area contributed by atoms with Crippen LogP contribution in [-0.2, 0) is 23.2 Å². The van der Waals surface area contributed by atoms with Gasteiger partial charge in [-0.25, -0.2) is 0 Å². The number of pyridine rings is 1. The van der Waals surface area contributed by atoms with E-state index in [0.717, 1.165) is 18.4 Å². The van der Waals surface area contributed by atoms with Crippen LogP contribution in [0.3, 0.4) is 0 Å². The van der Waals surface area contributed by atoms with E-state index in [2.05, 4.69) is 23.4 Å². The van der Waals surface area contributed by atoms with E-state index in [-0.39, 0.29) is 6.41 Å². The van der Waals surface area contributed by atoms with Crippen molar-refractivity contribution in [3.05, 3.63) is 39.5 Å². The molecule has 0 unspecified atom stereocenters. The third-order valence-electron chi connectivity index (χ3n) is 5.53. The zero-order chi connectivity index (χ0) is 20.3. The minimum Gasteiger partial charge on any atom is -0.386 e. The van der Waals surface area contributed by atoms with Crippen LogP contribution in [0.15, 0.2) is 15.7 Å². The molecule has 2 heterocycles. The maximum atomic E-state index is 10.2. The number of carbonyl (C=O) groups is 1. The lowest BCUT2D eigenvalue weighted by Crippen LogP contribution is -2.15. The summed E-state index contributed by atoms with van der Waals surface area (Å²) in [6.07, 6.45) is 7.65. The van der Waals surface area contributed by atoms with Crippen molar-refractivity contribution in [3.8, 4) is 0 Å². The number of thiophene rings is 1. The molecule has 0 aliphatic heterocycles. The molecular formula is C21H29N3O2S2. The van der Waals surface area contributed by atoms with Crippen LogP contribution < -0.4 is 10.5 Å². The number of primary amides is 1. The van der Waals surface area contributed by atoms with Gasteiger partial charge in [-0.1, -0.05) is 6.42 Å². The Morgan fingerprint density at radius 1 is 1.36 bits per heavy atom. The molecule has 0 saturated heterocycles. The molecule has 0 atom stereocenters. The van der Waals surface area contributed by atoms with Gasteiger partial charge in [0.1, 0.15) is 0 Å². The predicted molar refractivity (Wildman–Crippen MR) is 117 cm³/mol. The number of aliphatic hydroxyl groups is 1. The van der Waals surface area contributed by atoms with Gasteiger partial charge in [0.25, 0.3) is 0 Å². The summed E-state index contributed by atoms with van der Waals surface area (Å²) in [5, 5.41) is 12.2. The third-order valence-corrected chi connectivity index (χ3v) is 7.42. The minimum absolute atomic E-state index is 0.250. The molecule has 2 aromatic heterocycles. The van der Waals surface area contributed by atoms with E-state index in [4.69, 9.17) is 9.78 Å². The topological polar surface area (TPSA) is 88.2 Å². The lowest BCUT2D eigenvalue weighted by atomic mass is 9.80. The van der Waals surface area contributed by atoms with Crippen molar-refractivity contribution in [2.45, 2.75) is 75.0 Å². The highest BCUT2D eigenvalue weighted by Crippen LogP contribution is 2.43. The van der Waals surface area contributed by atoms with Crippen LogP contribution >= 0.6 is 23.3 Å². The smallest absolute Gasteiger partial charge is 0.204 e. The predicted octanol–water partition coefficient (Wildman–Crippen LogP) is 4.66. The number of nitrogens with one attached hydrogen (secondary N) is 1. The molecule has 1 amide bonds. The maximum Gasteiger partial charge on any atom is 0.204 e. The lowest BCUT2D eigenvalue weighted by Gasteiger charge is -2.28. The number of aromatic nitrogens is 1. The number of nitrogens with zero attached hydrogens (tertiary/aromatic N) is 1. The first kappa shape index (κ1) is 21.1. The SMILES string of the molecule is Cc1c(C2CCC2)nc2c(c1NSc1cc(C(C)(C)O)cs1)CCC2.NC=O. The maximum absolute atomic E-state index is 10.2. The molecule has 0 radical (unpaired) electrons. The number of aryl methyl sites for hydroxylation is 1. The average Bonchev–Trinajstić information content (AvgIpc) is 3.22. The number of anilines is 1. The summed E-state index contributed by atoms with van der Waals surface area (Å²) in [7, 11) is 0. The second kappa shape index (κ2) is 8.84. The summed E-state index contributed by atoms with van der Waals surface area (Å²) in [6, 6.07) is 2.09. The van der Waals surface area contributed by atoms with Gasteiger partial charge in [-0.15, -0.1) is 11.3 Å². The Morgan fingerprint density at radius 3 is 2.64 bits per heavy atom. The number of carbonyl (C=O) groups excluding carboxylic acids is 1. The first-order valence-corrected chi connectivity index (χ1v) is 11.5. The number of fused-ring (bicyclic) bond motifs is 1. The highest BCUT2D eigenvalue weighted by molar-refractivity contribution is 8.02. The monoisotopic (exact) mass is 419 g/mol. The molecule has 1 saturated carbocycles. The van der Waals surface area contributed by atoms with Gasteiger partial charge < -0.3 is 15.6 Å².